The van der Waals surface area contributed by atoms with Crippen molar-refractivity contribution in [3.05, 3.63) is 69.7 Å². The van der Waals surface area contributed by atoms with Gasteiger partial charge in [0.2, 0.25) is 0 Å². The van der Waals surface area contributed by atoms with Crippen LogP contribution >= 0.6 is 23.4 Å². The molecule has 0 atom stereocenters. The van der Waals surface area contributed by atoms with Crippen molar-refractivity contribution < 1.29 is 4.79 Å². The molecule has 0 saturated carbocycles. The van der Waals surface area contributed by atoms with Crippen LogP contribution in [-0.4, -0.2) is 18.2 Å². The highest BCUT2D eigenvalue weighted by atomic mass is 35.5. The van der Waals surface area contributed by atoms with Gasteiger partial charge in [-0.2, -0.15) is 11.8 Å². The van der Waals surface area contributed by atoms with E-state index < -0.39 is 0 Å². The maximum Gasteiger partial charge on any atom is 0.251 e. The number of rotatable bonds is 6. The monoisotopic (exact) mass is 333 g/mol. The number of amides is 1. The Kier molecular flexibility index (Phi) is 6.34. The van der Waals surface area contributed by atoms with Crippen LogP contribution < -0.4 is 5.32 Å². The van der Waals surface area contributed by atoms with Gasteiger partial charge in [-0.1, -0.05) is 29.8 Å². The number of hydrogen-bond acceptors (Lipinski definition) is 2. The lowest BCUT2D eigenvalue weighted by Crippen LogP contribution is -2.25. The van der Waals surface area contributed by atoms with Crippen LogP contribution in [0.5, 0.6) is 0 Å². The number of nitrogens with one attached hydrogen (secondary N) is 1. The molecular formula is C18H20ClNOS. The van der Waals surface area contributed by atoms with Gasteiger partial charge in [-0.15, -0.1) is 0 Å². The van der Waals surface area contributed by atoms with E-state index in [1.54, 1.807) is 11.8 Å². The summed E-state index contributed by atoms with van der Waals surface area (Å²) in [5, 5.41) is 3.72. The molecule has 2 rings (SSSR count). The molecule has 0 radical (unpaired) electrons. The minimum Gasteiger partial charge on any atom is -0.351 e. The van der Waals surface area contributed by atoms with E-state index in [0.717, 1.165) is 27.7 Å². The van der Waals surface area contributed by atoms with Gasteiger partial charge in [-0.25, -0.2) is 0 Å². The van der Waals surface area contributed by atoms with Crippen molar-refractivity contribution in [3.63, 3.8) is 0 Å². The maximum absolute atomic E-state index is 12.0. The molecule has 1 N–H and O–H groups in total. The molecule has 116 valence electrons. The van der Waals surface area contributed by atoms with Crippen molar-refractivity contribution in [1.29, 1.82) is 0 Å². The normalized spacial score (nSPS) is 10.5. The average molecular weight is 334 g/mol. The maximum atomic E-state index is 12.0. The zero-order valence-electron chi connectivity index (χ0n) is 12.9. The van der Waals surface area contributed by atoms with E-state index in [1.807, 2.05) is 50.2 Å². The quantitative estimate of drug-likeness (QED) is 0.781. The van der Waals surface area contributed by atoms with Gasteiger partial charge < -0.3 is 5.32 Å². The first kappa shape index (κ1) is 16.9. The summed E-state index contributed by atoms with van der Waals surface area (Å²) in [6, 6.07) is 13.7. The van der Waals surface area contributed by atoms with Crippen LogP contribution in [0.1, 0.15) is 27.0 Å². The molecule has 2 nitrogen and oxygen atoms in total. The Hall–Kier alpha value is -1.45. The highest BCUT2D eigenvalue weighted by Gasteiger charge is 2.05. The van der Waals surface area contributed by atoms with Gasteiger partial charge in [0.25, 0.3) is 5.91 Å². The first-order valence-electron chi connectivity index (χ1n) is 7.24. The second-order valence-corrected chi connectivity index (χ2v) is 6.78. The van der Waals surface area contributed by atoms with Crippen LogP contribution in [0.15, 0.2) is 42.5 Å². The second kappa shape index (κ2) is 8.25. The fraction of sp³-hybridized carbons (Fsp3) is 0.278. The summed E-state index contributed by atoms with van der Waals surface area (Å²) in [5.41, 5.74) is 4.28. The van der Waals surface area contributed by atoms with Crippen molar-refractivity contribution in [2.45, 2.75) is 19.6 Å². The smallest absolute Gasteiger partial charge is 0.251 e. The summed E-state index contributed by atoms with van der Waals surface area (Å²) < 4.78 is 0. The summed E-state index contributed by atoms with van der Waals surface area (Å²) in [7, 11) is 0. The molecule has 0 spiro atoms. The van der Waals surface area contributed by atoms with Gasteiger partial charge in [0.05, 0.1) is 0 Å². The SMILES string of the molecule is Cc1ccc(C(=O)NCCSCc2cccc(Cl)c2)cc1C. The molecule has 1 amide bonds. The minimum absolute atomic E-state index is 0.00791. The molecule has 2 aromatic rings. The van der Waals surface area contributed by atoms with Crippen LogP contribution in [0.4, 0.5) is 0 Å². The van der Waals surface area contributed by atoms with Crippen LogP contribution in [-0.2, 0) is 5.75 Å². The van der Waals surface area contributed by atoms with Gasteiger partial charge in [0, 0.05) is 28.6 Å². The molecule has 2 aromatic carbocycles. The van der Waals surface area contributed by atoms with E-state index in [0.29, 0.717) is 6.54 Å². The first-order valence-corrected chi connectivity index (χ1v) is 8.77. The van der Waals surface area contributed by atoms with E-state index in [4.69, 9.17) is 11.6 Å². The fourth-order valence-corrected chi connectivity index (χ4v) is 3.06. The molecule has 0 fully saturated rings. The van der Waals surface area contributed by atoms with Gasteiger partial charge >= 0.3 is 0 Å². The number of hydrogen-bond donors (Lipinski definition) is 1. The Morgan fingerprint density at radius 3 is 2.68 bits per heavy atom. The van der Waals surface area contributed by atoms with Crippen LogP contribution in [0.3, 0.4) is 0 Å². The van der Waals surface area contributed by atoms with Crippen LogP contribution in [0, 0.1) is 13.8 Å². The summed E-state index contributed by atoms with van der Waals surface area (Å²) >= 11 is 7.74. The molecule has 0 bridgehead atoms. The fourth-order valence-electron chi connectivity index (χ4n) is 2.04. The van der Waals surface area contributed by atoms with E-state index in [-0.39, 0.29) is 5.91 Å². The first-order chi connectivity index (χ1) is 10.6. The zero-order chi connectivity index (χ0) is 15.9. The predicted molar refractivity (Wildman–Crippen MR) is 95.9 cm³/mol. The van der Waals surface area contributed by atoms with Crippen LogP contribution in [0.25, 0.3) is 0 Å². The molecule has 0 aliphatic heterocycles. The zero-order valence-corrected chi connectivity index (χ0v) is 14.4. The third-order valence-electron chi connectivity index (χ3n) is 3.46. The Bertz CT molecular complexity index is 657. The number of halogens is 1. The lowest BCUT2D eigenvalue weighted by Gasteiger charge is -2.07. The molecular weight excluding hydrogens is 314 g/mol. The average Bonchev–Trinajstić information content (AvgIpc) is 2.49. The Labute approximate surface area is 141 Å². The van der Waals surface area contributed by atoms with Crippen molar-refractivity contribution in [2.75, 3.05) is 12.3 Å². The Balaban J connectivity index is 1.72. The van der Waals surface area contributed by atoms with E-state index >= 15 is 0 Å². The van der Waals surface area contributed by atoms with Crippen molar-refractivity contribution >= 4 is 29.3 Å². The van der Waals surface area contributed by atoms with E-state index in [1.165, 1.54) is 11.1 Å². The minimum atomic E-state index is -0.00791. The Morgan fingerprint density at radius 2 is 1.95 bits per heavy atom. The lowest BCUT2D eigenvalue weighted by molar-refractivity contribution is 0.0956. The van der Waals surface area contributed by atoms with Gasteiger partial charge in [-0.3, -0.25) is 4.79 Å². The van der Waals surface area contributed by atoms with E-state index in [2.05, 4.69) is 11.4 Å². The predicted octanol–water partition coefficient (Wildman–Crippen LogP) is 4.62. The van der Waals surface area contributed by atoms with E-state index in [9.17, 15) is 4.79 Å². The summed E-state index contributed by atoms with van der Waals surface area (Å²) in [4.78, 5) is 12.0. The van der Waals surface area contributed by atoms with Crippen LogP contribution in [0.2, 0.25) is 5.02 Å². The molecule has 0 saturated heterocycles. The summed E-state index contributed by atoms with van der Waals surface area (Å²) in [6.45, 7) is 4.73. The van der Waals surface area contributed by atoms with Gasteiger partial charge in [0.1, 0.15) is 0 Å². The molecule has 0 unspecified atom stereocenters. The number of carbonyl (C=O) groups is 1. The molecule has 22 heavy (non-hydrogen) atoms. The van der Waals surface area contributed by atoms with Gasteiger partial charge in [0.15, 0.2) is 0 Å². The highest BCUT2D eigenvalue weighted by molar-refractivity contribution is 7.98. The molecule has 0 aliphatic rings. The second-order valence-electron chi connectivity index (χ2n) is 5.24. The molecule has 4 heteroatoms. The number of thioether (sulfide) groups is 1. The molecule has 0 aromatic heterocycles. The standard InChI is InChI=1S/C18H20ClNOS/c1-13-6-7-16(10-14(13)2)18(21)20-8-9-22-12-15-4-3-5-17(19)11-15/h3-7,10-11H,8-9,12H2,1-2H3,(H,20,21). The molecule has 0 heterocycles. The topological polar surface area (TPSA) is 29.1 Å². The Morgan fingerprint density at radius 1 is 1.14 bits per heavy atom. The van der Waals surface area contributed by atoms with Crippen molar-refractivity contribution in [1.82, 2.24) is 5.32 Å². The summed E-state index contributed by atoms with van der Waals surface area (Å²) in [5.74, 6) is 1.77. The number of benzene rings is 2. The molecule has 0 aliphatic carbocycles. The van der Waals surface area contributed by atoms with Crippen molar-refractivity contribution in [3.8, 4) is 0 Å². The summed E-state index contributed by atoms with van der Waals surface area (Å²) in [6.07, 6.45) is 0. The van der Waals surface area contributed by atoms with Gasteiger partial charge in [-0.05, 0) is 54.8 Å². The largest absolute Gasteiger partial charge is 0.351 e. The third kappa shape index (κ3) is 5.08. The number of carbonyl (C=O) groups excluding carboxylic acids is 1. The third-order valence-corrected chi connectivity index (χ3v) is 4.72. The number of aryl methyl sites for hydroxylation is 2. The highest BCUT2D eigenvalue weighted by Crippen LogP contribution is 2.16. The van der Waals surface area contributed by atoms with Crippen molar-refractivity contribution in [2.24, 2.45) is 0 Å². The lowest BCUT2D eigenvalue weighted by atomic mass is 10.1.